The first kappa shape index (κ1) is 23.4. The van der Waals surface area contributed by atoms with Gasteiger partial charge in [-0.05, 0) is 37.1 Å². The zero-order chi connectivity index (χ0) is 21.9. The maximum absolute atomic E-state index is 12.7. The highest BCUT2D eigenvalue weighted by atomic mass is 35.5. The van der Waals surface area contributed by atoms with Crippen LogP contribution in [0.15, 0.2) is 29.2 Å². The maximum Gasteiger partial charge on any atom is 0.240 e. The van der Waals surface area contributed by atoms with Crippen LogP contribution in [0, 0.1) is 0 Å². The van der Waals surface area contributed by atoms with Crippen LogP contribution in [0.1, 0.15) is 19.3 Å². The van der Waals surface area contributed by atoms with Crippen LogP contribution in [0.5, 0.6) is 0 Å². The Labute approximate surface area is 181 Å². The molecule has 0 aromatic heterocycles. The van der Waals surface area contributed by atoms with E-state index in [-0.39, 0.29) is 29.8 Å². The lowest BCUT2D eigenvalue weighted by atomic mass is 10.0. The van der Waals surface area contributed by atoms with E-state index in [1.807, 2.05) is 0 Å². The number of ether oxygens (including phenoxy) is 2. The van der Waals surface area contributed by atoms with Crippen molar-refractivity contribution in [3.63, 3.8) is 0 Å². The van der Waals surface area contributed by atoms with E-state index in [9.17, 15) is 23.4 Å². The van der Waals surface area contributed by atoms with Crippen molar-refractivity contribution in [1.29, 1.82) is 0 Å². The molecule has 2 heterocycles. The Balaban J connectivity index is 1.57. The van der Waals surface area contributed by atoms with Gasteiger partial charge in [0, 0.05) is 25.2 Å². The first-order valence-corrected chi connectivity index (χ1v) is 11.6. The fraction of sp³-hybridized carbons (Fsp3) is 0.632. The molecular weight excluding hydrogens is 436 g/mol. The molecule has 2 aliphatic rings. The summed E-state index contributed by atoms with van der Waals surface area (Å²) in [5, 5.41) is 21.0. The second-order valence-electron chi connectivity index (χ2n) is 7.54. The van der Waals surface area contributed by atoms with Gasteiger partial charge in [-0.2, -0.15) is 0 Å². The third kappa shape index (κ3) is 5.31. The number of sulfonamides is 1. The van der Waals surface area contributed by atoms with Gasteiger partial charge >= 0.3 is 0 Å². The Morgan fingerprint density at radius 3 is 2.60 bits per heavy atom. The molecule has 30 heavy (non-hydrogen) atoms. The summed E-state index contributed by atoms with van der Waals surface area (Å²) in [6.45, 7) is 0.810. The fourth-order valence-electron chi connectivity index (χ4n) is 3.87. The van der Waals surface area contributed by atoms with Crippen LogP contribution < -0.4 is 4.72 Å². The van der Waals surface area contributed by atoms with Crippen molar-refractivity contribution in [2.45, 2.75) is 54.6 Å². The van der Waals surface area contributed by atoms with Crippen molar-refractivity contribution in [2.75, 3.05) is 26.8 Å². The minimum atomic E-state index is -3.84. The van der Waals surface area contributed by atoms with E-state index in [0.29, 0.717) is 18.2 Å². The summed E-state index contributed by atoms with van der Waals surface area (Å²) >= 11 is 5.77. The zero-order valence-corrected chi connectivity index (χ0v) is 18.2. The van der Waals surface area contributed by atoms with Gasteiger partial charge in [-0.3, -0.25) is 4.79 Å². The van der Waals surface area contributed by atoms with E-state index in [2.05, 4.69) is 4.72 Å². The topological polar surface area (TPSA) is 125 Å². The van der Waals surface area contributed by atoms with Crippen LogP contribution in [0.3, 0.4) is 0 Å². The summed E-state index contributed by atoms with van der Waals surface area (Å²) in [5.41, 5.74) is 0. The van der Waals surface area contributed by atoms with Crippen LogP contribution in [-0.2, 0) is 24.3 Å². The molecule has 5 atom stereocenters. The molecule has 0 radical (unpaired) electrons. The summed E-state index contributed by atoms with van der Waals surface area (Å²) in [4.78, 5) is 14.4. The van der Waals surface area contributed by atoms with Crippen molar-refractivity contribution in [1.82, 2.24) is 9.62 Å². The number of methoxy groups -OCH3 is 1. The van der Waals surface area contributed by atoms with Gasteiger partial charge < -0.3 is 24.6 Å². The lowest BCUT2D eigenvalue weighted by Gasteiger charge is -2.26. The molecule has 0 unspecified atom stereocenters. The molecule has 0 saturated carbocycles. The third-order valence-corrected chi connectivity index (χ3v) is 7.18. The number of carbonyl (C=O) groups excluding carboxylic acids is 1. The van der Waals surface area contributed by atoms with Crippen molar-refractivity contribution in [3.05, 3.63) is 29.3 Å². The third-order valence-electron chi connectivity index (χ3n) is 5.49. The number of amides is 1. The molecule has 3 rings (SSSR count). The van der Waals surface area contributed by atoms with E-state index >= 15 is 0 Å². The summed E-state index contributed by atoms with van der Waals surface area (Å²) < 4.78 is 37.9. The number of nitrogens with zero attached hydrogens (tertiary/aromatic N) is 1. The second-order valence-corrected chi connectivity index (χ2v) is 9.75. The average Bonchev–Trinajstić information content (AvgIpc) is 3.27. The highest BCUT2D eigenvalue weighted by Crippen LogP contribution is 2.26. The smallest absolute Gasteiger partial charge is 0.240 e. The number of hydrogen-bond acceptors (Lipinski definition) is 7. The number of aliphatic hydroxyl groups excluding tert-OH is 2. The van der Waals surface area contributed by atoms with Gasteiger partial charge in [0.25, 0.3) is 0 Å². The Kier molecular flexibility index (Phi) is 7.72. The van der Waals surface area contributed by atoms with Crippen molar-refractivity contribution >= 4 is 27.5 Å². The van der Waals surface area contributed by atoms with Crippen LogP contribution in [-0.4, -0.2) is 86.7 Å². The zero-order valence-electron chi connectivity index (χ0n) is 16.6. The molecule has 3 N–H and O–H groups in total. The van der Waals surface area contributed by atoms with Crippen LogP contribution in [0.25, 0.3) is 0 Å². The lowest BCUT2D eigenvalue weighted by Crippen LogP contribution is -2.42. The van der Waals surface area contributed by atoms with E-state index in [0.717, 1.165) is 12.8 Å². The minimum absolute atomic E-state index is 0.00653. The quantitative estimate of drug-likeness (QED) is 0.501. The van der Waals surface area contributed by atoms with Gasteiger partial charge in [-0.25, -0.2) is 13.1 Å². The molecule has 0 aliphatic carbocycles. The average molecular weight is 463 g/mol. The largest absolute Gasteiger partial charge is 0.388 e. The molecular formula is C19H27ClN2O7S. The molecule has 9 nitrogen and oxygen atoms in total. The Morgan fingerprint density at radius 1 is 1.27 bits per heavy atom. The Morgan fingerprint density at radius 2 is 1.93 bits per heavy atom. The monoisotopic (exact) mass is 462 g/mol. The van der Waals surface area contributed by atoms with Gasteiger partial charge in [0.15, 0.2) is 0 Å². The first-order valence-electron chi connectivity index (χ1n) is 9.78. The van der Waals surface area contributed by atoms with Crippen molar-refractivity contribution in [2.24, 2.45) is 0 Å². The SMILES string of the molecule is COC[C@@H]1CCCN1C(=O)C[C@H]1O[C@H](CNS(=O)(=O)c2ccc(Cl)cc2)[C@@H](O)[C@H]1O. The number of benzene rings is 1. The van der Waals surface area contributed by atoms with Gasteiger partial charge in [-0.1, -0.05) is 11.6 Å². The predicted octanol–water partition coefficient (Wildman–Crippen LogP) is 0.135. The van der Waals surface area contributed by atoms with Gasteiger partial charge in [-0.15, -0.1) is 0 Å². The number of aliphatic hydroxyl groups is 2. The van der Waals surface area contributed by atoms with Gasteiger partial charge in [0.05, 0.1) is 30.1 Å². The van der Waals surface area contributed by atoms with Crippen molar-refractivity contribution in [3.8, 4) is 0 Å². The molecule has 168 valence electrons. The molecule has 2 fully saturated rings. The standard InChI is InChI=1S/C19H27ClN2O7S/c1-28-11-13-3-2-8-22(13)17(23)9-15-18(24)19(25)16(29-15)10-21-30(26,27)14-6-4-12(20)5-7-14/h4-7,13,15-16,18-19,21,24-25H,2-3,8-11H2,1H3/t13-,15+,16+,18-,19+/m0/s1. The molecule has 2 saturated heterocycles. The van der Waals surface area contributed by atoms with Crippen molar-refractivity contribution < 1.29 is 32.9 Å². The predicted molar refractivity (Wildman–Crippen MR) is 109 cm³/mol. The van der Waals surface area contributed by atoms with Gasteiger partial charge in [0.1, 0.15) is 18.3 Å². The van der Waals surface area contributed by atoms with E-state index in [1.165, 1.54) is 24.3 Å². The maximum atomic E-state index is 12.7. The number of hydrogen-bond donors (Lipinski definition) is 3. The fourth-order valence-corrected chi connectivity index (χ4v) is 5.04. The number of carbonyl (C=O) groups is 1. The first-order chi connectivity index (χ1) is 14.2. The number of rotatable bonds is 8. The second kappa shape index (κ2) is 9.90. The number of likely N-dealkylation sites (tertiary alicyclic amines) is 1. The van der Waals surface area contributed by atoms with E-state index in [1.54, 1.807) is 12.0 Å². The molecule has 11 heteroatoms. The number of halogens is 1. The lowest BCUT2D eigenvalue weighted by molar-refractivity contribution is -0.137. The molecule has 1 amide bonds. The molecule has 0 spiro atoms. The van der Waals surface area contributed by atoms with Crippen LogP contribution in [0.2, 0.25) is 5.02 Å². The van der Waals surface area contributed by atoms with E-state index < -0.39 is 34.4 Å². The van der Waals surface area contributed by atoms with Crippen LogP contribution in [0.4, 0.5) is 0 Å². The normalized spacial score (nSPS) is 29.5. The minimum Gasteiger partial charge on any atom is -0.388 e. The van der Waals surface area contributed by atoms with Gasteiger partial charge in [0.2, 0.25) is 15.9 Å². The molecule has 1 aromatic rings. The summed E-state index contributed by atoms with van der Waals surface area (Å²) in [7, 11) is -2.26. The van der Waals surface area contributed by atoms with Crippen LogP contribution >= 0.6 is 11.6 Å². The highest BCUT2D eigenvalue weighted by molar-refractivity contribution is 7.89. The summed E-state index contributed by atoms with van der Waals surface area (Å²) in [5.74, 6) is -0.187. The number of nitrogens with one attached hydrogen (secondary N) is 1. The molecule has 1 aromatic carbocycles. The summed E-state index contributed by atoms with van der Waals surface area (Å²) in [6, 6.07) is 5.63. The molecule has 2 aliphatic heterocycles. The van der Waals surface area contributed by atoms with E-state index in [4.69, 9.17) is 21.1 Å². The highest BCUT2D eigenvalue weighted by Gasteiger charge is 2.44. The Bertz CT molecular complexity index is 836. The summed E-state index contributed by atoms with van der Waals surface area (Å²) in [6.07, 6.45) is -2.86. The Hall–Kier alpha value is -1.27. The molecule has 0 bridgehead atoms.